The molecule has 0 saturated heterocycles. The predicted molar refractivity (Wildman–Crippen MR) is 154 cm³/mol. The van der Waals surface area contributed by atoms with Gasteiger partial charge in [0, 0.05) is 5.41 Å². The number of fused-ring (bicyclic) bond motifs is 3. The SMILES string of the molecule is Cc1ccc(-c2cc(-c3ccc(C)cc3)c3c(c2)-c2ccc(C)cc2C3(C)c2ccc(C)cc2)cc1. The largest absolute Gasteiger partial charge is 0.0590 e. The van der Waals surface area contributed by atoms with E-state index in [4.69, 9.17) is 0 Å². The maximum atomic E-state index is 2.42. The van der Waals surface area contributed by atoms with Crippen LogP contribution >= 0.6 is 0 Å². The second-order valence-corrected chi connectivity index (χ2v) is 10.7. The highest BCUT2D eigenvalue weighted by Gasteiger charge is 2.43. The quantitative estimate of drug-likeness (QED) is 0.249. The molecule has 0 aliphatic heterocycles. The first-order valence-corrected chi connectivity index (χ1v) is 12.9. The van der Waals surface area contributed by atoms with Gasteiger partial charge in [-0.2, -0.15) is 0 Å². The average molecular weight is 465 g/mol. The van der Waals surface area contributed by atoms with E-state index in [-0.39, 0.29) is 5.41 Å². The Morgan fingerprint density at radius 3 is 1.53 bits per heavy atom. The molecule has 1 aliphatic rings. The number of hydrogen-bond acceptors (Lipinski definition) is 0. The van der Waals surface area contributed by atoms with Crippen LogP contribution in [0.1, 0.15) is 45.9 Å². The molecule has 1 aliphatic carbocycles. The van der Waals surface area contributed by atoms with Gasteiger partial charge < -0.3 is 0 Å². The molecule has 0 spiro atoms. The molecule has 0 heterocycles. The molecular weight excluding hydrogens is 432 g/mol. The number of rotatable bonds is 3. The number of benzene rings is 5. The van der Waals surface area contributed by atoms with Crippen LogP contribution in [0.25, 0.3) is 33.4 Å². The third-order valence-corrected chi connectivity index (χ3v) is 8.02. The average Bonchev–Trinajstić information content (AvgIpc) is 3.13. The minimum Gasteiger partial charge on any atom is -0.0590 e. The van der Waals surface area contributed by atoms with Crippen LogP contribution < -0.4 is 0 Å². The Morgan fingerprint density at radius 2 is 0.917 bits per heavy atom. The van der Waals surface area contributed by atoms with Crippen molar-refractivity contribution in [2.45, 2.75) is 40.0 Å². The number of aryl methyl sites for hydroxylation is 4. The predicted octanol–water partition coefficient (Wildman–Crippen LogP) is 9.59. The molecule has 0 bridgehead atoms. The lowest BCUT2D eigenvalue weighted by molar-refractivity contribution is 0.714. The summed E-state index contributed by atoms with van der Waals surface area (Å²) in [5.41, 5.74) is 16.9. The van der Waals surface area contributed by atoms with Crippen molar-refractivity contribution < 1.29 is 0 Å². The summed E-state index contributed by atoms with van der Waals surface area (Å²) < 4.78 is 0. The van der Waals surface area contributed by atoms with Crippen molar-refractivity contribution in [2.75, 3.05) is 0 Å². The van der Waals surface area contributed by atoms with Crippen LogP contribution in [0.2, 0.25) is 0 Å². The van der Waals surface area contributed by atoms with E-state index >= 15 is 0 Å². The summed E-state index contributed by atoms with van der Waals surface area (Å²) in [5.74, 6) is 0. The van der Waals surface area contributed by atoms with Crippen LogP contribution in [0.4, 0.5) is 0 Å². The van der Waals surface area contributed by atoms with Gasteiger partial charge in [-0.25, -0.2) is 0 Å². The molecule has 0 aromatic heterocycles. The van der Waals surface area contributed by atoms with Gasteiger partial charge >= 0.3 is 0 Å². The summed E-state index contributed by atoms with van der Waals surface area (Å²) in [6.07, 6.45) is 0. The van der Waals surface area contributed by atoms with Gasteiger partial charge in [-0.1, -0.05) is 113 Å². The van der Waals surface area contributed by atoms with Gasteiger partial charge in [0.25, 0.3) is 0 Å². The van der Waals surface area contributed by atoms with E-state index in [1.807, 2.05) is 0 Å². The van der Waals surface area contributed by atoms with Crippen molar-refractivity contribution in [1.29, 1.82) is 0 Å². The lowest BCUT2D eigenvalue weighted by Gasteiger charge is -2.31. The first-order valence-electron chi connectivity index (χ1n) is 12.9. The Kier molecular flexibility index (Phi) is 5.23. The molecule has 0 saturated carbocycles. The third-order valence-electron chi connectivity index (χ3n) is 8.02. The summed E-state index contributed by atoms with van der Waals surface area (Å²) in [5, 5.41) is 0. The molecule has 1 unspecified atom stereocenters. The van der Waals surface area contributed by atoms with Gasteiger partial charge in [-0.05, 0) is 96.8 Å². The monoisotopic (exact) mass is 464 g/mol. The molecule has 0 nitrogen and oxygen atoms in total. The Bertz CT molecular complexity index is 1580. The molecule has 176 valence electrons. The molecule has 0 radical (unpaired) electrons. The second-order valence-electron chi connectivity index (χ2n) is 10.7. The summed E-state index contributed by atoms with van der Waals surface area (Å²) >= 11 is 0. The molecule has 0 fully saturated rings. The van der Waals surface area contributed by atoms with Crippen LogP contribution in [-0.4, -0.2) is 0 Å². The fraction of sp³-hybridized carbons (Fsp3) is 0.167. The van der Waals surface area contributed by atoms with Gasteiger partial charge in [0.1, 0.15) is 0 Å². The topological polar surface area (TPSA) is 0 Å². The first kappa shape index (κ1) is 22.6. The van der Waals surface area contributed by atoms with E-state index in [0.717, 1.165) is 0 Å². The molecule has 5 aromatic rings. The maximum absolute atomic E-state index is 2.42. The lowest BCUT2D eigenvalue weighted by Crippen LogP contribution is -2.23. The summed E-state index contributed by atoms with van der Waals surface area (Å²) in [6, 6.07) is 38.9. The van der Waals surface area contributed by atoms with Crippen LogP contribution in [0.3, 0.4) is 0 Å². The van der Waals surface area contributed by atoms with E-state index in [1.54, 1.807) is 0 Å². The standard InChI is InChI=1S/C36H32/c1-23-6-13-27(14-7-23)29-21-32(28-15-8-24(2)9-16-28)35-33(22-29)31-19-12-26(4)20-34(31)36(35,5)30-17-10-25(3)11-18-30/h6-22H,1-5H3. The van der Waals surface area contributed by atoms with Gasteiger partial charge in [0.05, 0.1) is 0 Å². The molecule has 5 aromatic carbocycles. The highest BCUT2D eigenvalue weighted by Crippen LogP contribution is 2.56. The zero-order chi connectivity index (χ0) is 25.0. The van der Waals surface area contributed by atoms with Crippen LogP contribution in [0.15, 0.2) is 103 Å². The highest BCUT2D eigenvalue weighted by atomic mass is 14.4. The minimum atomic E-state index is -0.240. The minimum absolute atomic E-state index is 0.240. The summed E-state index contributed by atoms with van der Waals surface area (Å²) in [4.78, 5) is 0. The van der Waals surface area contributed by atoms with Crippen LogP contribution in [0, 0.1) is 27.7 Å². The van der Waals surface area contributed by atoms with Crippen LogP contribution in [-0.2, 0) is 5.41 Å². The van der Waals surface area contributed by atoms with Gasteiger partial charge in [-0.3, -0.25) is 0 Å². The lowest BCUT2D eigenvalue weighted by atomic mass is 9.71. The zero-order valence-electron chi connectivity index (χ0n) is 21.8. The normalized spacial score (nSPS) is 16.0. The molecule has 1 atom stereocenters. The second kappa shape index (κ2) is 8.35. The highest BCUT2D eigenvalue weighted by molar-refractivity contribution is 5.93. The molecule has 0 N–H and O–H groups in total. The molecule has 0 amide bonds. The van der Waals surface area contributed by atoms with E-state index in [1.165, 1.54) is 72.3 Å². The van der Waals surface area contributed by atoms with E-state index < -0.39 is 0 Å². The van der Waals surface area contributed by atoms with E-state index in [2.05, 4.69) is 138 Å². The Morgan fingerprint density at radius 1 is 0.417 bits per heavy atom. The first-order chi connectivity index (χ1) is 17.3. The Labute approximate surface area is 215 Å². The van der Waals surface area contributed by atoms with Crippen molar-refractivity contribution in [3.8, 4) is 33.4 Å². The van der Waals surface area contributed by atoms with Crippen molar-refractivity contribution in [1.82, 2.24) is 0 Å². The molecule has 36 heavy (non-hydrogen) atoms. The van der Waals surface area contributed by atoms with Crippen molar-refractivity contribution in [3.05, 3.63) is 142 Å². The maximum Gasteiger partial charge on any atom is 0.0441 e. The molecule has 6 rings (SSSR count). The number of hydrogen-bond donors (Lipinski definition) is 0. The van der Waals surface area contributed by atoms with Crippen LogP contribution in [0.5, 0.6) is 0 Å². The smallest absolute Gasteiger partial charge is 0.0441 e. The fourth-order valence-electron chi connectivity index (χ4n) is 5.89. The van der Waals surface area contributed by atoms with Crippen molar-refractivity contribution in [3.63, 3.8) is 0 Å². The zero-order valence-corrected chi connectivity index (χ0v) is 21.8. The van der Waals surface area contributed by atoms with Gasteiger partial charge in [-0.15, -0.1) is 0 Å². The molecular formula is C36H32. The third kappa shape index (κ3) is 3.52. The van der Waals surface area contributed by atoms with E-state index in [9.17, 15) is 0 Å². The Hall–Kier alpha value is -3.90. The van der Waals surface area contributed by atoms with E-state index in [0.29, 0.717) is 0 Å². The Balaban J connectivity index is 1.72. The summed E-state index contributed by atoms with van der Waals surface area (Å²) in [7, 11) is 0. The summed E-state index contributed by atoms with van der Waals surface area (Å²) in [6.45, 7) is 11.1. The van der Waals surface area contributed by atoms with Gasteiger partial charge in [0.15, 0.2) is 0 Å². The van der Waals surface area contributed by atoms with Crippen molar-refractivity contribution >= 4 is 0 Å². The van der Waals surface area contributed by atoms with Gasteiger partial charge in [0.2, 0.25) is 0 Å². The van der Waals surface area contributed by atoms with Crippen molar-refractivity contribution in [2.24, 2.45) is 0 Å². The fourth-order valence-corrected chi connectivity index (χ4v) is 5.89. The molecule has 0 heteroatoms.